The third-order valence-corrected chi connectivity index (χ3v) is 3.63. The number of aromatic amines is 1. The van der Waals surface area contributed by atoms with Crippen molar-refractivity contribution in [2.75, 3.05) is 13.1 Å². The van der Waals surface area contributed by atoms with Crippen LogP contribution < -0.4 is 4.74 Å². The molecule has 0 aliphatic carbocycles. The zero-order chi connectivity index (χ0) is 15.5. The first-order valence-corrected chi connectivity index (χ1v) is 7.00. The Morgan fingerprint density at radius 2 is 2.14 bits per heavy atom. The van der Waals surface area contributed by atoms with Crippen molar-refractivity contribution in [1.82, 2.24) is 14.9 Å². The molecule has 0 unspecified atom stereocenters. The molecule has 0 saturated carbocycles. The third-order valence-electron chi connectivity index (χ3n) is 3.63. The summed E-state index contributed by atoms with van der Waals surface area (Å²) in [4.78, 5) is 20.1. The van der Waals surface area contributed by atoms with Crippen molar-refractivity contribution in [1.29, 1.82) is 0 Å². The molecule has 2 atom stereocenters. The molecule has 0 radical (unpaired) electrons. The van der Waals surface area contributed by atoms with Crippen molar-refractivity contribution in [3.63, 3.8) is 0 Å². The molecule has 0 bridgehead atoms. The first-order chi connectivity index (χ1) is 10.6. The number of carboxylic acids is 1. The highest BCUT2D eigenvalue weighted by Gasteiger charge is 2.33. The molecular weight excluding hydrogens is 286 g/mol. The van der Waals surface area contributed by atoms with Gasteiger partial charge in [0.2, 0.25) is 0 Å². The number of aromatic nitrogens is 2. The molecule has 2 heterocycles. The van der Waals surface area contributed by atoms with E-state index < -0.39 is 12.1 Å². The van der Waals surface area contributed by atoms with Crippen LogP contribution >= 0.6 is 0 Å². The van der Waals surface area contributed by atoms with Gasteiger partial charge in [-0.05, 0) is 24.3 Å². The van der Waals surface area contributed by atoms with Crippen molar-refractivity contribution < 1.29 is 19.7 Å². The first-order valence-electron chi connectivity index (χ1n) is 7.00. The molecule has 116 valence electrons. The molecule has 22 heavy (non-hydrogen) atoms. The maximum Gasteiger partial charge on any atom is 0.335 e. The second-order valence-corrected chi connectivity index (χ2v) is 5.28. The fraction of sp³-hybridized carbons (Fsp3) is 0.333. The van der Waals surface area contributed by atoms with E-state index in [9.17, 15) is 9.90 Å². The van der Waals surface area contributed by atoms with Crippen LogP contribution in [0.4, 0.5) is 0 Å². The Kier molecular flexibility index (Phi) is 4.08. The predicted octanol–water partition coefficient (Wildman–Crippen LogP) is 0.732. The molecule has 0 amide bonds. The number of rotatable bonds is 5. The fourth-order valence-corrected chi connectivity index (χ4v) is 2.52. The van der Waals surface area contributed by atoms with Crippen LogP contribution in [0.25, 0.3) is 0 Å². The number of imidazole rings is 1. The number of carbonyl (C=O) groups is 1. The number of carboxylic acid groups (broad SMARTS) is 1. The maximum absolute atomic E-state index is 10.8. The van der Waals surface area contributed by atoms with Gasteiger partial charge < -0.3 is 19.9 Å². The van der Waals surface area contributed by atoms with Gasteiger partial charge in [0, 0.05) is 25.5 Å². The Morgan fingerprint density at radius 1 is 1.36 bits per heavy atom. The summed E-state index contributed by atoms with van der Waals surface area (Å²) in [7, 11) is 0. The Hall–Kier alpha value is -2.38. The normalized spacial score (nSPS) is 21.9. The molecule has 7 nitrogen and oxygen atoms in total. The highest BCUT2D eigenvalue weighted by Crippen LogP contribution is 2.20. The maximum atomic E-state index is 10.8. The second-order valence-electron chi connectivity index (χ2n) is 5.28. The van der Waals surface area contributed by atoms with E-state index in [1.807, 2.05) is 0 Å². The minimum atomic E-state index is -0.975. The second kappa shape index (κ2) is 6.17. The van der Waals surface area contributed by atoms with Crippen molar-refractivity contribution >= 4 is 5.97 Å². The standard InChI is InChI=1S/C15H17N3O4/c19-12-7-18(9-14-16-5-6-17-14)8-13(12)22-11-3-1-10(2-4-11)15(20)21/h1-6,12-13,19H,7-9H2,(H,16,17)(H,20,21)/t12-,13-/m1/s1. The Balaban J connectivity index is 1.59. The lowest BCUT2D eigenvalue weighted by Gasteiger charge is -2.16. The van der Waals surface area contributed by atoms with E-state index in [0.717, 1.165) is 5.82 Å². The topological polar surface area (TPSA) is 98.7 Å². The molecule has 1 aliphatic heterocycles. The first kappa shape index (κ1) is 14.6. The molecule has 1 saturated heterocycles. The van der Waals surface area contributed by atoms with Gasteiger partial charge in [0.1, 0.15) is 23.8 Å². The van der Waals surface area contributed by atoms with Gasteiger partial charge in [0.05, 0.1) is 12.1 Å². The zero-order valence-corrected chi connectivity index (χ0v) is 11.8. The number of nitrogens with zero attached hydrogens (tertiary/aromatic N) is 2. The van der Waals surface area contributed by atoms with Gasteiger partial charge >= 0.3 is 5.97 Å². The summed E-state index contributed by atoms with van der Waals surface area (Å²) in [5.74, 6) is 0.421. The number of likely N-dealkylation sites (tertiary alicyclic amines) is 1. The summed E-state index contributed by atoms with van der Waals surface area (Å²) in [6.07, 6.45) is 2.53. The summed E-state index contributed by atoms with van der Waals surface area (Å²) < 4.78 is 5.76. The molecule has 3 N–H and O–H groups in total. The molecule has 1 aliphatic rings. The summed E-state index contributed by atoms with van der Waals surface area (Å²) in [5, 5.41) is 19.0. The Morgan fingerprint density at radius 3 is 2.77 bits per heavy atom. The van der Waals surface area contributed by atoms with Gasteiger partial charge in [0.25, 0.3) is 0 Å². The predicted molar refractivity (Wildman–Crippen MR) is 77.7 cm³/mol. The highest BCUT2D eigenvalue weighted by atomic mass is 16.5. The van der Waals surface area contributed by atoms with Gasteiger partial charge in [-0.15, -0.1) is 0 Å². The Bertz CT molecular complexity index is 627. The third kappa shape index (κ3) is 3.26. The summed E-state index contributed by atoms with van der Waals surface area (Å²) in [6, 6.07) is 6.18. The van der Waals surface area contributed by atoms with Crippen LogP contribution in [-0.4, -0.2) is 56.3 Å². The van der Waals surface area contributed by atoms with Gasteiger partial charge in [-0.1, -0.05) is 0 Å². The number of aromatic carboxylic acids is 1. The number of benzene rings is 1. The van der Waals surface area contributed by atoms with E-state index in [0.29, 0.717) is 25.4 Å². The molecule has 7 heteroatoms. The van der Waals surface area contributed by atoms with Crippen LogP contribution in [0.2, 0.25) is 0 Å². The number of H-pyrrole nitrogens is 1. The summed E-state index contributed by atoms with van der Waals surface area (Å²) >= 11 is 0. The highest BCUT2D eigenvalue weighted by molar-refractivity contribution is 5.87. The van der Waals surface area contributed by atoms with Crippen LogP contribution in [0.15, 0.2) is 36.7 Å². The van der Waals surface area contributed by atoms with Gasteiger partial charge in [0.15, 0.2) is 0 Å². The largest absolute Gasteiger partial charge is 0.486 e. The van der Waals surface area contributed by atoms with Crippen LogP contribution in [0.5, 0.6) is 5.75 Å². The minimum absolute atomic E-state index is 0.207. The lowest BCUT2D eigenvalue weighted by Crippen LogP contribution is -2.29. The lowest BCUT2D eigenvalue weighted by molar-refractivity contribution is 0.0693. The molecule has 0 spiro atoms. The number of hydrogen-bond acceptors (Lipinski definition) is 5. The van der Waals surface area contributed by atoms with Crippen LogP contribution in [0.1, 0.15) is 16.2 Å². The van der Waals surface area contributed by atoms with Gasteiger partial charge in [-0.2, -0.15) is 0 Å². The smallest absolute Gasteiger partial charge is 0.335 e. The van der Waals surface area contributed by atoms with E-state index >= 15 is 0 Å². The number of ether oxygens (including phenoxy) is 1. The average Bonchev–Trinajstić information content (AvgIpc) is 3.11. The van der Waals surface area contributed by atoms with Crippen molar-refractivity contribution in [2.24, 2.45) is 0 Å². The number of aliphatic hydroxyl groups excluding tert-OH is 1. The number of β-amino-alcohol motifs (C(OH)–C–C–N with tert-alkyl or cyclic N) is 1. The van der Waals surface area contributed by atoms with Gasteiger partial charge in [-0.25, -0.2) is 9.78 Å². The zero-order valence-electron chi connectivity index (χ0n) is 11.8. The summed E-state index contributed by atoms with van der Waals surface area (Å²) in [5.41, 5.74) is 0.207. The fourth-order valence-electron chi connectivity index (χ4n) is 2.52. The van der Waals surface area contributed by atoms with E-state index in [1.54, 1.807) is 24.5 Å². The molecule has 1 aromatic heterocycles. The monoisotopic (exact) mass is 303 g/mol. The van der Waals surface area contributed by atoms with Crippen LogP contribution in [0, 0.1) is 0 Å². The van der Waals surface area contributed by atoms with E-state index in [-0.39, 0.29) is 11.7 Å². The molecule has 2 aromatic rings. The van der Waals surface area contributed by atoms with Crippen LogP contribution in [0.3, 0.4) is 0 Å². The van der Waals surface area contributed by atoms with E-state index in [1.165, 1.54) is 12.1 Å². The number of nitrogens with one attached hydrogen (secondary N) is 1. The quantitative estimate of drug-likeness (QED) is 0.753. The Labute approximate surface area is 127 Å². The summed E-state index contributed by atoms with van der Waals surface area (Å²) in [6.45, 7) is 1.73. The minimum Gasteiger partial charge on any atom is -0.486 e. The van der Waals surface area contributed by atoms with Gasteiger partial charge in [-0.3, -0.25) is 4.90 Å². The average molecular weight is 303 g/mol. The molecular formula is C15H17N3O4. The van der Waals surface area contributed by atoms with Crippen molar-refractivity contribution in [2.45, 2.75) is 18.8 Å². The molecule has 1 aromatic carbocycles. The van der Waals surface area contributed by atoms with E-state index in [2.05, 4.69) is 14.9 Å². The molecule has 3 rings (SSSR count). The van der Waals surface area contributed by atoms with Crippen LogP contribution in [-0.2, 0) is 6.54 Å². The number of aliphatic hydroxyl groups is 1. The lowest BCUT2D eigenvalue weighted by atomic mass is 10.2. The van der Waals surface area contributed by atoms with Crippen molar-refractivity contribution in [3.8, 4) is 5.75 Å². The van der Waals surface area contributed by atoms with Crippen molar-refractivity contribution in [3.05, 3.63) is 48.0 Å². The van der Waals surface area contributed by atoms with E-state index in [4.69, 9.17) is 9.84 Å². The number of hydrogen-bond donors (Lipinski definition) is 3. The SMILES string of the molecule is O=C(O)c1ccc(O[C@@H]2CN(Cc3ncc[nH]3)C[C@H]2O)cc1. The molecule has 1 fully saturated rings.